The van der Waals surface area contributed by atoms with Crippen molar-refractivity contribution >= 4 is 0 Å². The highest BCUT2D eigenvalue weighted by atomic mass is 19.4. The van der Waals surface area contributed by atoms with Gasteiger partial charge in [-0.2, -0.15) is 18.3 Å². The molecule has 0 aliphatic heterocycles. The van der Waals surface area contributed by atoms with E-state index in [0.717, 1.165) is 18.0 Å². The summed E-state index contributed by atoms with van der Waals surface area (Å²) in [6.07, 6.45) is -2.66. The van der Waals surface area contributed by atoms with Crippen molar-refractivity contribution in [1.82, 2.24) is 9.78 Å². The fourth-order valence-electron chi connectivity index (χ4n) is 1.67. The van der Waals surface area contributed by atoms with Crippen molar-refractivity contribution in [2.75, 3.05) is 0 Å². The Hall–Kier alpha value is -1.82. The Bertz CT molecular complexity index is 561. The molecule has 0 aliphatic rings. The largest absolute Gasteiger partial charge is 0.419 e. The van der Waals surface area contributed by atoms with Crippen molar-refractivity contribution in [2.45, 2.75) is 19.7 Å². The molecule has 1 heterocycles. The van der Waals surface area contributed by atoms with Crippen LogP contribution in [0.25, 0.3) is 5.69 Å². The number of halogens is 3. The minimum absolute atomic E-state index is 0.103. The van der Waals surface area contributed by atoms with Crippen LogP contribution >= 0.6 is 0 Å². The van der Waals surface area contributed by atoms with E-state index < -0.39 is 11.7 Å². The van der Waals surface area contributed by atoms with E-state index in [1.165, 1.54) is 4.68 Å². The highest BCUT2D eigenvalue weighted by Crippen LogP contribution is 2.29. The number of benzene rings is 1. The van der Waals surface area contributed by atoms with Gasteiger partial charge < -0.3 is 5.11 Å². The predicted molar refractivity (Wildman–Crippen MR) is 59.2 cm³/mol. The van der Waals surface area contributed by atoms with Crippen LogP contribution in [-0.2, 0) is 12.8 Å². The smallest absolute Gasteiger partial charge is 0.392 e. The Labute approximate surface area is 101 Å². The molecule has 96 valence electrons. The Morgan fingerprint density at radius 2 is 2.06 bits per heavy atom. The average molecular weight is 256 g/mol. The first-order valence-electron chi connectivity index (χ1n) is 5.24. The highest BCUT2D eigenvalue weighted by Gasteiger charge is 2.32. The summed E-state index contributed by atoms with van der Waals surface area (Å²) in [5.74, 6) is 0. The van der Waals surface area contributed by atoms with E-state index in [9.17, 15) is 13.2 Å². The maximum absolute atomic E-state index is 12.4. The summed E-state index contributed by atoms with van der Waals surface area (Å²) >= 11 is 0. The van der Waals surface area contributed by atoms with E-state index in [4.69, 9.17) is 5.11 Å². The Balaban J connectivity index is 2.40. The summed E-state index contributed by atoms with van der Waals surface area (Å²) in [6.45, 7) is 1.65. The van der Waals surface area contributed by atoms with E-state index in [2.05, 4.69) is 5.10 Å². The molecule has 1 aromatic carbocycles. The molecule has 3 nitrogen and oxygen atoms in total. The standard InChI is InChI=1S/C12H11F3N2O/c1-8-4-9(7-18)2-3-11(8)17-6-10(5-16-17)12(13,14)15/h2-6,18H,7H2,1H3. The number of aryl methyl sites for hydroxylation is 1. The molecule has 2 aromatic rings. The molecular formula is C12H11F3N2O. The summed E-state index contributed by atoms with van der Waals surface area (Å²) in [5.41, 5.74) is 1.23. The van der Waals surface area contributed by atoms with E-state index in [1.807, 2.05) is 0 Å². The first-order chi connectivity index (χ1) is 8.41. The van der Waals surface area contributed by atoms with E-state index in [-0.39, 0.29) is 6.61 Å². The van der Waals surface area contributed by atoms with Gasteiger partial charge in [0, 0.05) is 6.20 Å². The van der Waals surface area contributed by atoms with Gasteiger partial charge in [-0.1, -0.05) is 12.1 Å². The molecular weight excluding hydrogens is 245 g/mol. The zero-order valence-electron chi connectivity index (χ0n) is 9.57. The number of hydrogen-bond donors (Lipinski definition) is 1. The highest BCUT2D eigenvalue weighted by molar-refractivity contribution is 5.42. The summed E-state index contributed by atoms with van der Waals surface area (Å²) in [5, 5.41) is 12.7. The Morgan fingerprint density at radius 3 is 2.56 bits per heavy atom. The van der Waals surface area contributed by atoms with Gasteiger partial charge in [-0.25, -0.2) is 4.68 Å². The number of hydrogen-bond acceptors (Lipinski definition) is 2. The third-order valence-electron chi connectivity index (χ3n) is 2.60. The number of nitrogens with zero attached hydrogens (tertiary/aromatic N) is 2. The van der Waals surface area contributed by atoms with Gasteiger partial charge in [0.1, 0.15) is 0 Å². The Morgan fingerprint density at radius 1 is 1.33 bits per heavy atom. The summed E-state index contributed by atoms with van der Waals surface area (Å²) in [6, 6.07) is 5.00. The zero-order chi connectivity index (χ0) is 13.3. The number of alkyl halides is 3. The number of aliphatic hydroxyl groups is 1. The lowest BCUT2D eigenvalue weighted by Gasteiger charge is -2.07. The van der Waals surface area contributed by atoms with Crippen LogP contribution in [0.4, 0.5) is 13.2 Å². The zero-order valence-corrected chi connectivity index (χ0v) is 9.57. The second-order valence-corrected chi connectivity index (χ2v) is 3.95. The van der Waals surface area contributed by atoms with Gasteiger partial charge in [0.05, 0.1) is 24.1 Å². The van der Waals surface area contributed by atoms with Gasteiger partial charge in [-0.05, 0) is 24.1 Å². The van der Waals surface area contributed by atoms with Gasteiger partial charge >= 0.3 is 6.18 Å². The van der Waals surface area contributed by atoms with Gasteiger partial charge in [0.25, 0.3) is 0 Å². The third-order valence-corrected chi connectivity index (χ3v) is 2.60. The fourth-order valence-corrected chi connectivity index (χ4v) is 1.67. The molecule has 0 saturated carbocycles. The second-order valence-electron chi connectivity index (χ2n) is 3.95. The number of aromatic nitrogens is 2. The van der Waals surface area contributed by atoms with Crippen molar-refractivity contribution in [3.63, 3.8) is 0 Å². The first-order valence-corrected chi connectivity index (χ1v) is 5.24. The molecule has 0 spiro atoms. The summed E-state index contributed by atoms with van der Waals surface area (Å²) in [7, 11) is 0. The van der Waals surface area contributed by atoms with Crippen LogP contribution in [0.5, 0.6) is 0 Å². The molecule has 0 amide bonds. The molecule has 6 heteroatoms. The van der Waals surface area contributed by atoms with Crippen LogP contribution in [0.2, 0.25) is 0 Å². The molecule has 0 fully saturated rings. The van der Waals surface area contributed by atoms with Gasteiger partial charge in [-0.3, -0.25) is 0 Å². The van der Waals surface area contributed by atoms with E-state index >= 15 is 0 Å². The minimum atomic E-state index is -4.39. The second kappa shape index (κ2) is 4.45. The molecule has 0 radical (unpaired) electrons. The quantitative estimate of drug-likeness (QED) is 0.897. The molecule has 0 bridgehead atoms. The van der Waals surface area contributed by atoms with Crippen LogP contribution in [0, 0.1) is 6.92 Å². The number of rotatable bonds is 2. The van der Waals surface area contributed by atoms with Gasteiger partial charge in [-0.15, -0.1) is 0 Å². The topological polar surface area (TPSA) is 38.0 Å². The molecule has 0 atom stereocenters. The summed E-state index contributed by atoms with van der Waals surface area (Å²) in [4.78, 5) is 0. The van der Waals surface area contributed by atoms with Crippen LogP contribution in [-0.4, -0.2) is 14.9 Å². The van der Waals surface area contributed by atoms with Crippen LogP contribution in [0.15, 0.2) is 30.6 Å². The van der Waals surface area contributed by atoms with Gasteiger partial charge in [0.2, 0.25) is 0 Å². The van der Waals surface area contributed by atoms with E-state index in [1.54, 1.807) is 25.1 Å². The van der Waals surface area contributed by atoms with Crippen molar-refractivity contribution in [3.05, 3.63) is 47.3 Å². The maximum atomic E-state index is 12.4. The molecule has 0 unspecified atom stereocenters. The van der Waals surface area contributed by atoms with Crippen LogP contribution in [0.3, 0.4) is 0 Å². The first kappa shape index (κ1) is 12.6. The van der Waals surface area contributed by atoms with Crippen molar-refractivity contribution in [2.24, 2.45) is 0 Å². The van der Waals surface area contributed by atoms with Crippen molar-refractivity contribution in [3.8, 4) is 5.69 Å². The monoisotopic (exact) mass is 256 g/mol. The normalized spacial score (nSPS) is 11.8. The van der Waals surface area contributed by atoms with Crippen molar-refractivity contribution in [1.29, 1.82) is 0 Å². The minimum Gasteiger partial charge on any atom is -0.392 e. The van der Waals surface area contributed by atoms with Crippen LogP contribution in [0.1, 0.15) is 16.7 Å². The maximum Gasteiger partial charge on any atom is 0.419 e. The SMILES string of the molecule is Cc1cc(CO)ccc1-n1cc(C(F)(F)F)cn1. The summed E-state index contributed by atoms with van der Waals surface area (Å²) < 4.78 is 38.5. The molecule has 18 heavy (non-hydrogen) atoms. The number of aliphatic hydroxyl groups excluding tert-OH is 1. The third kappa shape index (κ3) is 2.38. The van der Waals surface area contributed by atoms with Crippen LogP contribution < -0.4 is 0 Å². The predicted octanol–water partition coefficient (Wildman–Crippen LogP) is 2.69. The lowest BCUT2D eigenvalue weighted by atomic mass is 10.1. The molecule has 2 rings (SSSR count). The lowest BCUT2D eigenvalue weighted by molar-refractivity contribution is -0.137. The molecule has 1 N–H and O–H groups in total. The fraction of sp³-hybridized carbons (Fsp3) is 0.250. The van der Waals surface area contributed by atoms with E-state index in [0.29, 0.717) is 11.3 Å². The molecule has 0 aliphatic carbocycles. The Kier molecular flexibility index (Phi) is 3.13. The molecule has 1 aromatic heterocycles. The molecule has 0 saturated heterocycles. The average Bonchev–Trinajstić information content (AvgIpc) is 2.77. The van der Waals surface area contributed by atoms with Crippen molar-refractivity contribution < 1.29 is 18.3 Å². The van der Waals surface area contributed by atoms with Gasteiger partial charge in [0.15, 0.2) is 0 Å². The lowest BCUT2D eigenvalue weighted by Crippen LogP contribution is -2.03.